The van der Waals surface area contributed by atoms with E-state index < -0.39 is 6.09 Å². The summed E-state index contributed by atoms with van der Waals surface area (Å²) in [6.45, 7) is 1.67. The molecular weight excluding hydrogens is 264 g/mol. The Morgan fingerprint density at radius 3 is 2.74 bits per heavy atom. The molecule has 0 saturated heterocycles. The Kier molecular flexibility index (Phi) is 4.13. The summed E-state index contributed by atoms with van der Waals surface area (Å²) in [5, 5.41) is 9.18. The molecule has 2 rings (SSSR count). The molecule has 0 aliphatic rings. The maximum absolute atomic E-state index is 10.7. The summed E-state index contributed by atoms with van der Waals surface area (Å²) in [6, 6.07) is 7.54. The highest BCUT2D eigenvalue weighted by Crippen LogP contribution is 2.29. The van der Waals surface area contributed by atoms with E-state index in [0.717, 1.165) is 16.0 Å². The molecule has 0 aliphatic heterocycles. The van der Waals surface area contributed by atoms with E-state index in [1.807, 2.05) is 24.3 Å². The Balaban J connectivity index is 2.21. The maximum atomic E-state index is 10.7. The minimum absolute atomic E-state index is 0.0816. The minimum Gasteiger partial charge on any atom is -0.442 e. The number of carbonyl (C=O) groups is 1. The molecule has 0 bridgehead atoms. The summed E-state index contributed by atoms with van der Waals surface area (Å²) in [5.41, 5.74) is 9.18. The first-order chi connectivity index (χ1) is 9.11. The number of rotatable bonds is 4. The topological polar surface area (TPSA) is 85.4 Å². The molecule has 0 fully saturated rings. The number of amides is 1. The quantitative estimate of drug-likeness (QED) is 0.899. The van der Waals surface area contributed by atoms with Crippen LogP contribution in [0.15, 0.2) is 29.8 Å². The molecule has 6 heteroatoms. The zero-order chi connectivity index (χ0) is 13.8. The molecule has 19 heavy (non-hydrogen) atoms. The summed E-state index contributed by atoms with van der Waals surface area (Å²) in [4.78, 5) is 15.7. The number of benzene rings is 1. The number of nitrogens with two attached hydrogens (primary N) is 1. The van der Waals surface area contributed by atoms with Crippen LogP contribution in [0.1, 0.15) is 24.3 Å². The van der Waals surface area contributed by atoms with Gasteiger partial charge in [0.1, 0.15) is 6.10 Å². The number of thiazole rings is 1. The van der Waals surface area contributed by atoms with Crippen LogP contribution in [-0.4, -0.2) is 16.2 Å². The van der Waals surface area contributed by atoms with Crippen molar-refractivity contribution >= 4 is 17.4 Å². The van der Waals surface area contributed by atoms with Crippen molar-refractivity contribution in [2.24, 2.45) is 5.73 Å². The molecule has 1 aromatic heterocycles. The fraction of sp³-hybridized carbons (Fsp3) is 0.231. The zero-order valence-corrected chi connectivity index (χ0v) is 11.2. The fourth-order valence-electron chi connectivity index (χ4n) is 1.76. The molecule has 0 saturated carbocycles. The van der Waals surface area contributed by atoms with Crippen molar-refractivity contribution in [2.75, 3.05) is 0 Å². The van der Waals surface area contributed by atoms with E-state index in [1.165, 1.54) is 11.3 Å². The van der Waals surface area contributed by atoms with Gasteiger partial charge in [0.15, 0.2) is 0 Å². The Morgan fingerprint density at radius 2 is 2.16 bits per heavy atom. The van der Waals surface area contributed by atoms with E-state index in [4.69, 9.17) is 10.5 Å². The van der Waals surface area contributed by atoms with Gasteiger partial charge in [0.25, 0.3) is 0 Å². The minimum atomic E-state index is -0.790. The van der Waals surface area contributed by atoms with Crippen LogP contribution in [0, 0.1) is 0 Å². The van der Waals surface area contributed by atoms with Gasteiger partial charge in [-0.05, 0) is 18.1 Å². The number of aliphatic hydroxyl groups is 1. The molecule has 0 spiro atoms. The largest absolute Gasteiger partial charge is 0.442 e. The second-order valence-corrected chi connectivity index (χ2v) is 4.84. The molecule has 1 amide bonds. The van der Waals surface area contributed by atoms with Crippen LogP contribution in [0.5, 0.6) is 0 Å². The van der Waals surface area contributed by atoms with Crippen molar-refractivity contribution in [2.45, 2.75) is 19.6 Å². The van der Waals surface area contributed by atoms with Crippen LogP contribution in [0.3, 0.4) is 0 Å². The van der Waals surface area contributed by atoms with Gasteiger partial charge in [0.05, 0.1) is 22.7 Å². The van der Waals surface area contributed by atoms with Gasteiger partial charge in [-0.3, -0.25) is 0 Å². The van der Waals surface area contributed by atoms with Gasteiger partial charge in [-0.1, -0.05) is 24.3 Å². The lowest BCUT2D eigenvalue weighted by Crippen LogP contribution is -2.15. The second kappa shape index (κ2) is 5.81. The van der Waals surface area contributed by atoms with E-state index in [2.05, 4.69) is 4.98 Å². The van der Waals surface area contributed by atoms with Gasteiger partial charge in [0.2, 0.25) is 0 Å². The third-order valence-electron chi connectivity index (χ3n) is 2.73. The lowest BCUT2D eigenvalue weighted by atomic mass is 10.1. The Labute approximate surface area is 114 Å². The second-order valence-electron chi connectivity index (χ2n) is 3.99. The van der Waals surface area contributed by atoms with Gasteiger partial charge in [-0.15, -0.1) is 11.3 Å². The highest BCUT2D eigenvalue weighted by atomic mass is 32.1. The van der Waals surface area contributed by atoms with Crippen LogP contribution < -0.4 is 5.73 Å². The Bertz CT molecular complexity index is 566. The van der Waals surface area contributed by atoms with E-state index in [-0.39, 0.29) is 12.7 Å². The molecule has 5 nitrogen and oxygen atoms in total. The molecule has 100 valence electrons. The van der Waals surface area contributed by atoms with E-state index in [1.54, 1.807) is 12.4 Å². The first-order valence-corrected chi connectivity index (χ1v) is 6.59. The highest BCUT2D eigenvalue weighted by molar-refractivity contribution is 7.13. The summed E-state index contributed by atoms with van der Waals surface area (Å²) < 4.78 is 4.90. The van der Waals surface area contributed by atoms with Gasteiger partial charge < -0.3 is 15.6 Å². The summed E-state index contributed by atoms with van der Waals surface area (Å²) in [5.74, 6) is 0. The highest BCUT2D eigenvalue weighted by Gasteiger charge is 2.11. The summed E-state index contributed by atoms with van der Waals surface area (Å²) in [7, 11) is 0. The van der Waals surface area contributed by atoms with Crippen molar-refractivity contribution in [3.63, 3.8) is 0 Å². The molecule has 0 aliphatic carbocycles. The van der Waals surface area contributed by atoms with Crippen molar-refractivity contribution in [1.82, 2.24) is 4.98 Å². The number of nitrogens with zero attached hydrogens (tertiary/aromatic N) is 1. The van der Waals surface area contributed by atoms with Gasteiger partial charge in [0, 0.05) is 0 Å². The van der Waals surface area contributed by atoms with Crippen LogP contribution in [0.25, 0.3) is 10.4 Å². The molecule has 1 atom stereocenters. The molecule has 1 unspecified atom stereocenters. The lowest BCUT2D eigenvalue weighted by molar-refractivity contribution is 0.116. The van der Waals surface area contributed by atoms with Crippen LogP contribution in [-0.2, 0) is 11.3 Å². The van der Waals surface area contributed by atoms with Crippen LogP contribution in [0.4, 0.5) is 4.79 Å². The van der Waals surface area contributed by atoms with E-state index in [0.29, 0.717) is 5.69 Å². The number of primary amides is 1. The SMILES string of the molecule is CC(OC(N)=O)c1ccc(-c2scnc2CO)cc1. The molecule has 1 aromatic carbocycles. The third-order valence-corrected chi connectivity index (χ3v) is 3.64. The monoisotopic (exact) mass is 278 g/mol. The molecule has 1 heterocycles. The maximum Gasteiger partial charge on any atom is 0.405 e. The van der Waals surface area contributed by atoms with Crippen molar-refractivity contribution in [3.8, 4) is 10.4 Å². The number of hydrogen-bond donors (Lipinski definition) is 2. The first-order valence-electron chi connectivity index (χ1n) is 5.71. The number of ether oxygens (including phenoxy) is 1. The Hall–Kier alpha value is -1.92. The molecule has 0 radical (unpaired) electrons. The van der Waals surface area contributed by atoms with E-state index in [9.17, 15) is 9.90 Å². The number of hydrogen-bond acceptors (Lipinski definition) is 5. The number of carbonyl (C=O) groups excluding carboxylic acids is 1. The number of aromatic nitrogens is 1. The average Bonchev–Trinajstić information content (AvgIpc) is 2.86. The van der Waals surface area contributed by atoms with Gasteiger partial charge >= 0.3 is 6.09 Å². The van der Waals surface area contributed by atoms with E-state index >= 15 is 0 Å². The molecule has 3 N–H and O–H groups in total. The van der Waals surface area contributed by atoms with Crippen molar-refractivity contribution in [3.05, 3.63) is 41.0 Å². The predicted molar refractivity (Wildman–Crippen MR) is 72.6 cm³/mol. The zero-order valence-electron chi connectivity index (χ0n) is 10.4. The average molecular weight is 278 g/mol. The van der Waals surface area contributed by atoms with Crippen LogP contribution in [0.2, 0.25) is 0 Å². The van der Waals surface area contributed by atoms with Gasteiger partial charge in [-0.2, -0.15) is 0 Å². The third kappa shape index (κ3) is 3.10. The molecular formula is C13H14N2O3S. The fourth-order valence-corrected chi connectivity index (χ4v) is 2.58. The molecule has 2 aromatic rings. The van der Waals surface area contributed by atoms with Crippen molar-refractivity contribution < 1.29 is 14.6 Å². The number of aliphatic hydroxyl groups excluding tert-OH is 1. The smallest absolute Gasteiger partial charge is 0.405 e. The summed E-state index contributed by atoms with van der Waals surface area (Å²) >= 11 is 1.48. The lowest BCUT2D eigenvalue weighted by Gasteiger charge is -2.12. The summed E-state index contributed by atoms with van der Waals surface area (Å²) in [6.07, 6.45) is -1.17. The Morgan fingerprint density at radius 1 is 1.47 bits per heavy atom. The van der Waals surface area contributed by atoms with Gasteiger partial charge in [-0.25, -0.2) is 9.78 Å². The van der Waals surface area contributed by atoms with Crippen molar-refractivity contribution in [1.29, 1.82) is 0 Å². The normalized spacial score (nSPS) is 12.1. The standard InChI is InChI=1S/C13H14N2O3S/c1-8(18-13(14)17)9-2-4-10(5-3-9)12-11(6-16)15-7-19-12/h2-5,7-8,16H,6H2,1H3,(H2,14,17). The first kappa shape index (κ1) is 13.5. The predicted octanol–water partition coefficient (Wildman–Crippen LogP) is 2.46. The van der Waals surface area contributed by atoms with Crippen LogP contribution >= 0.6 is 11.3 Å².